The molecule has 0 aromatic carbocycles. The van der Waals surface area contributed by atoms with Gasteiger partial charge in [-0.2, -0.15) is 0 Å². The van der Waals surface area contributed by atoms with Crippen LogP contribution in [0.15, 0.2) is 20.0 Å². The highest BCUT2D eigenvalue weighted by molar-refractivity contribution is 5.71. The van der Waals surface area contributed by atoms with Crippen molar-refractivity contribution < 1.29 is 143 Å². The molecule has 34 nitrogen and oxygen atoms in total. The van der Waals surface area contributed by atoms with Gasteiger partial charge in [0.2, 0.25) is 25.2 Å². The van der Waals surface area contributed by atoms with E-state index in [-0.39, 0.29) is 0 Å². The summed E-state index contributed by atoms with van der Waals surface area (Å²) in [5.74, 6) is -12.0. The molecule has 5 aliphatic heterocycles. The minimum Gasteiger partial charge on any atom is -0.456 e. The molecule has 0 aromatic rings. The number of fused-ring (bicyclic) bond motifs is 8. The molecule has 0 spiro atoms. The van der Waals surface area contributed by atoms with Crippen LogP contribution in [0.4, 0.5) is 0 Å². The molecule has 4 fully saturated rings. The summed E-state index contributed by atoms with van der Waals surface area (Å²) >= 11 is 0. The lowest BCUT2D eigenvalue weighted by Gasteiger charge is -2.48. The zero-order chi connectivity index (χ0) is 62.3. The highest BCUT2D eigenvalue weighted by atomic mass is 16.8. The Kier molecular flexibility index (Phi) is 24.4. The minimum atomic E-state index is -2.01. The molecular weight excluding hydrogens is 1140 g/mol. The van der Waals surface area contributed by atoms with Crippen LogP contribution in [0.3, 0.4) is 0 Å². The summed E-state index contributed by atoms with van der Waals surface area (Å²) in [6, 6.07) is 4.75. The van der Waals surface area contributed by atoms with E-state index in [1.807, 2.05) is 0 Å². The standard InChI is InChI=1S/C50H64N4O30/c1-19(55)67-35-31-13-51-17-52-14-32-36(68-20(2)56)41(73-25(7)61)45(77-29(11)65)49(81-32)84-50-46(78-30(12)66)42(74-26(8)62)38(70-22(4)58)34(82-50)16-54-18-53-15-33-37(69-21(3)57)40(72-24(6)60)44(76-28(10)64)48(80-33)83-47(79-31)43(75-27(9)63)39(35)71-23(5)59/h31-50H,13-16H2,1-12H3/t31-,32-,33-,34-,35-,36-,37-,38-,39+,40+,41+,42+,43-,44-,45-,46-,47-,48-,49-,50-/m1/s1. The Bertz CT molecular complexity index is 2280. The molecule has 5 heterocycles. The van der Waals surface area contributed by atoms with Crippen molar-refractivity contribution in [2.24, 2.45) is 20.0 Å². The number of nitrogens with zero attached hydrogens (tertiary/aromatic N) is 4. The van der Waals surface area contributed by atoms with E-state index in [1.165, 1.54) is 0 Å². The van der Waals surface area contributed by atoms with Crippen molar-refractivity contribution in [2.45, 2.75) is 206 Å². The fourth-order valence-corrected chi connectivity index (χ4v) is 9.33. The molecule has 0 aliphatic carbocycles. The van der Waals surface area contributed by atoms with Crippen molar-refractivity contribution in [1.82, 2.24) is 0 Å². The van der Waals surface area contributed by atoms with Gasteiger partial charge in [0.15, 0.2) is 73.2 Å². The van der Waals surface area contributed by atoms with Gasteiger partial charge >= 0.3 is 71.6 Å². The molecule has 20 atom stereocenters. The van der Waals surface area contributed by atoms with E-state index < -0.39 is 221 Å². The van der Waals surface area contributed by atoms with Crippen LogP contribution in [0, 0.1) is 0 Å². The molecule has 0 N–H and O–H groups in total. The number of hydrogen-bond acceptors (Lipinski definition) is 34. The van der Waals surface area contributed by atoms with Gasteiger partial charge in [-0.25, -0.2) is 20.0 Å². The van der Waals surface area contributed by atoms with E-state index >= 15 is 0 Å². The first-order valence-corrected chi connectivity index (χ1v) is 25.7. The first-order valence-electron chi connectivity index (χ1n) is 25.7. The summed E-state index contributed by atoms with van der Waals surface area (Å²) in [7, 11) is 0. The summed E-state index contributed by atoms with van der Waals surface area (Å²) in [6.45, 7) is 9.06. The molecular formula is C50H64N4O30. The Morgan fingerprint density at radius 1 is 0.238 bits per heavy atom. The van der Waals surface area contributed by atoms with Crippen molar-refractivity contribution in [3.05, 3.63) is 0 Å². The molecule has 464 valence electrons. The van der Waals surface area contributed by atoms with E-state index in [4.69, 9.17) is 85.3 Å². The van der Waals surface area contributed by atoms with Crippen LogP contribution in [0.5, 0.6) is 0 Å². The maximum Gasteiger partial charge on any atom is 0.303 e. The van der Waals surface area contributed by atoms with Gasteiger partial charge in [-0.1, -0.05) is 0 Å². The van der Waals surface area contributed by atoms with Gasteiger partial charge in [0.25, 0.3) is 0 Å². The normalized spacial score (nSPS) is 34.0. The predicted octanol–water partition coefficient (Wildman–Crippen LogP) is -1.54. The Hall–Kier alpha value is -7.84. The number of aliphatic imine (C=N–C) groups is 4. The topological polar surface area (TPSA) is 420 Å². The number of carbonyl (C=O) groups excluding carboxylic acids is 12. The molecule has 5 aliphatic rings. The third-order valence-electron chi connectivity index (χ3n) is 11.9. The van der Waals surface area contributed by atoms with Crippen LogP contribution in [0.1, 0.15) is 83.1 Å². The molecule has 34 heteroatoms. The second-order valence-corrected chi connectivity index (χ2v) is 18.9. The fourth-order valence-electron chi connectivity index (χ4n) is 9.33. The number of carbonyl (C=O) groups is 12. The molecule has 5 rings (SSSR count). The van der Waals surface area contributed by atoms with Gasteiger partial charge in [-0.05, 0) is 0 Å². The minimum absolute atomic E-state index is 0.656. The zero-order valence-corrected chi connectivity index (χ0v) is 47.4. The van der Waals surface area contributed by atoms with E-state index in [1.54, 1.807) is 0 Å². The van der Waals surface area contributed by atoms with Crippen LogP contribution in [0.2, 0.25) is 0 Å². The van der Waals surface area contributed by atoms with Crippen molar-refractivity contribution in [3.8, 4) is 0 Å². The summed E-state index contributed by atoms with van der Waals surface area (Å²) in [5.41, 5.74) is 0. The van der Waals surface area contributed by atoms with Gasteiger partial charge < -0.3 is 85.3 Å². The van der Waals surface area contributed by atoms with Crippen molar-refractivity contribution in [2.75, 3.05) is 26.2 Å². The molecule has 8 bridgehead atoms. The number of rotatable bonds is 12. The van der Waals surface area contributed by atoms with Gasteiger partial charge in [-0.15, -0.1) is 0 Å². The fraction of sp³-hybridized carbons (Fsp3) is 0.720. The van der Waals surface area contributed by atoms with E-state index in [9.17, 15) is 57.5 Å². The lowest BCUT2D eigenvalue weighted by atomic mass is 9.96. The largest absolute Gasteiger partial charge is 0.456 e. The second kappa shape index (κ2) is 30.6. The van der Waals surface area contributed by atoms with E-state index in [2.05, 4.69) is 32.0 Å². The lowest BCUT2D eigenvalue weighted by molar-refractivity contribution is -0.373. The monoisotopic (exact) mass is 1200 g/mol. The van der Waals surface area contributed by atoms with Crippen LogP contribution in [0.25, 0.3) is 0 Å². The van der Waals surface area contributed by atoms with Gasteiger partial charge in [0.05, 0.1) is 38.2 Å². The highest BCUT2D eigenvalue weighted by Crippen LogP contribution is 2.38. The molecule has 4 saturated heterocycles. The third kappa shape index (κ3) is 19.1. The number of esters is 12. The van der Waals surface area contributed by atoms with Crippen LogP contribution in [-0.2, 0) is 143 Å². The first-order chi connectivity index (χ1) is 39.5. The van der Waals surface area contributed by atoms with Gasteiger partial charge in [-0.3, -0.25) is 57.5 Å². The molecule has 0 aromatic heterocycles. The molecule has 0 saturated carbocycles. The summed E-state index contributed by atoms with van der Waals surface area (Å²) < 4.78 is 105. The quantitative estimate of drug-likeness (QED) is 0.158. The smallest absolute Gasteiger partial charge is 0.303 e. The summed E-state index contributed by atoms with van der Waals surface area (Å²) in [5, 5.41) is 0. The Labute approximate surface area is 477 Å². The molecule has 0 amide bonds. The van der Waals surface area contributed by atoms with Gasteiger partial charge in [0.1, 0.15) is 24.4 Å². The maximum absolute atomic E-state index is 12.8. The Morgan fingerprint density at radius 2 is 0.381 bits per heavy atom. The van der Waals surface area contributed by atoms with Gasteiger partial charge in [0, 0.05) is 83.1 Å². The SMILES string of the molecule is CC(=O)O[C@@H]1[C@@H](OC(C)=O)[C@H]2O[C@H]3O[C@H](CN=C=NC[C@H]4O[C@H](O[C@H]5O[C@H](CN=C=NC[C@@H](O2)[C@H]1OC(C)=O)[C@@H](OC(C)=O)[C@H](OC(C)=O)[C@H]5OC(C)=O)[C@H](OC(C)=O)[C@@H](OC(C)=O)[C@@H]4OC(C)=O)[C@@H](OC(C)=O)[C@H](OC(C)=O)[C@H]3OC(C)=O. The predicted molar refractivity (Wildman–Crippen MR) is 263 cm³/mol. The Morgan fingerprint density at radius 3 is 0.536 bits per heavy atom. The molecule has 84 heavy (non-hydrogen) atoms. The first kappa shape index (κ1) is 67.0. The zero-order valence-electron chi connectivity index (χ0n) is 47.4. The summed E-state index contributed by atoms with van der Waals surface area (Å²) in [4.78, 5) is 170. The average molecular weight is 1200 g/mol. The average Bonchev–Trinajstić information content (AvgIpc) is 2.42. The molecule has 0 unspecified atom stereocenters. The van der Waals surface area contributed by atoms with Crippen molar-refractivity contribution in [1.29, 1.82) is 0 Å². The van der Waals surface area contributed by atoms with Crippen LogP contribution < -0.4 is 0 Å². The van der Waals surface area contributed by atoms with E-state index in [0.717, 1.165) is 83.1 Å². The van der Waals surface area contributed by atoms with Crippen molar-refractivity contribution >= 4 is 83.6 Å². The van der Waals surface area contributed by atoms with E-state index in [0.29, 0.717) is 0 Å². The van der Waals surface area contributed by atoms with Crippen molar-refractivity contribution in [3.63, 3.8) is 0 Å². The lowest BCUT2D eigenvalue weighted by Crippen LogP contribution is -2.66. The summed E-state index contributed by atoms with van der Waals surface area (Å²) in [6.07, 6.45) is -35.9. The Balaban J connectivity index is 1.79. The third-order valence-corrected chi connectivity index (χ3v) is 11.9. The highest BCUT2D eigenvalue weighted by Gasteiger charge is 2.60. The number of ether oxygens (including phenoxy) is 18. The second-order valence-electron chi connectivity index (χ2n) is 18.9. The number of hydrogen-bond donors (Lipinski definition) is 0. The van der Waals surface area contributed by atoms with Crippen LogP contribution >= 0.6 is 0 Å². The molecule has 0 radical (unpaired) electrons. The maximum atomic E-state index is 12.8. The van der Waals surface area contributed by atoms with Crippen LogP contribution in [-0.4, -0.2) is 233 Å².